The molecule has 6 nitrogen and oxygen atoms in total. The van der Waals surface area contributed by atoms with Gasteiger partial charge in [-0.1, -0.05) is 67.6 Å². The summed E-state index contributed by atoms with van der Waals surface area (Å²) < 4.78 is 7.32. The number of hydrogen-bond donors (Lipinski definition) is 1. The molecule has 0 amide bonds. The number of methoxy groups -OCH3 is 1. The molecule has 4 aromatic rings. The minimum absolute atomic E-state index is 0.174. The zero-order valence-corrected chi connectivity index (χ0v) is 22.1. The van der Waals surface area contributed by atoms with Crippen molar-refractivity contribution >= 4 is 34.3 Å². The molecule has 2 aromatic carbocycles. The Hall–Kier alpha value is -3.71. The number of fused-ring (bicyclic) bond motifs is 2. The van der Waals surface area contributed by atoms with Gasteiger partial charge < -0.3 is 9.72 Å². The number of carbonyl (C=O) groups is 1. The number of benzene rings is 2. The van der Waals surface area contributed by atoms with Crippen molar-refractivity contribution in [1.82, 2.24) is 9.55 Å². The molecule has 184 valence electrons. The van der Waals surface area contributed by atoms with Gasteiger partial charge in [-0.2, -0.15) is 0 Å². The van der Waals surface area contributed by atoms with E-state index in [1.54, 1.807) is 11.5 Å². The Balaban J connectivity index is 1.75. The Morgan fingerprint density at radius 2 is 1.86 bits per heavy atom. The van der Waals surface area contributed by atoms with E-state index in [4.69, 9.17) is 4.74 Å². The normalized spacial score (nSPS) is 16.0. The van der Waals surface area contributed by atoms with Gasteiger partial charge in [0, 0.05) is 22.2 Å². The van der Waals surface area contributed by atoms with Crippen LogP contribution < -0.4 is 14.9 Å². The lowest BCUT2D eigenvalue weighted by Crippen LogP contribution is -2.39. The van der Waals surface area contributed by atoms with Crippen LogP contribution in [0.15, 0.2) is 63.5 Å². The Morgan fingerprint density at radius 3 is 2.53 bits per heavy atom. The molecule has 1 atom stereocenters. The maximum Gasteiger partial charge on any atom is 0.338 e. The number of carbonyl (C=O) groups excluding carboxylic acids is 1. The molecular formula is C29H29N3O3S. The number of aryl methyl sites for hydroxylation is 2. The number of ether oxygens (including phenoxy) is 1. The summed E-state index contributed by atoms with van der Waals surface area (Å²) in [5.41, 5.74) is 7.02. The van der Waals surface area contributed by atoms with E-state index in [2.05, 4.69) is 55.0 Å². The van der Waals surface area contributed by atoms with Crippen molar-refractivity contribution in [2.24, 2.45) is 4.99 Å². The number of thiazole rings is 1. The Morgan fingerprint density at radius 1 is 1.14 bits per heavy atom. The van der Waals surface area contributed by atoms with Crippen LogP contribution in [-0.2, 0) is 9.53 Å². The smallest absolute Gasteiger partial charge is 0.338 e. The second-order valence-corrected chi connectivity index (χ2v) is 10.6. The fraction of sp³-hybridized carbons (Fsp3) is 0.276. The van der Waals surface area contributed by atoms with Crippen molar-refractivity contribution in [2.75, 3.05) is 7.11 Å². The van der Waals surface area contributed by atoms with Gasteiger partial charge in [-0.15, -0.1) is 0 Å². The Bertz CT molecular complexity index is 1720. The standard InChI is InChI=1S/C29H29N3O3S/c1-15(2)19-10-12-20(13-11-19)26-24(28(34)35-6)18(5)31-29-32(26)27(33)23(36-29)14-22-17(4)30-25-16(3)8-7-9-21(22)25/h7-15,26,30H,1-6H3/b23-14-/t26-/m0/s1. The van der Waals surface area contributed by atoms with Crippen molar-refractivity contribution in [3.8, 4) is 0 Å². The lowest BCUT2D eigenvalue weighted by Gasteiger charge is -2.24. The topological polar surface area (TPSA) is 76.4 Å². The second kappa shape index (κ2) is 9.06. The highest BCUT2D eigenvalue weighted by Gasteiger charge is 2.33. The van der Waals surface area contributed by atoms with E-state index < -0.39 is 12.0 Å². The first-order valence-corrected chi connectivity index (χ1v) is 12.8. The number of allylic oxidation sites excluding steroid dienone is 1. The molecule has 0 bridgehead atoms. The van der Waals surface area contributed by atoms with E-state index in [0.29, 0.717) is 26.5 Å². The minimum Gasteiger partial charge on any atom is -0.466 e. The maximum atomic E-state index is 13.9. The number of nitrogens with zero attached hydrogens (tertiary/aromatic N) is 2. The molecule has 0 radical (unpaired) electrons. The van der Waals surface area contributed by atoms with Crippen LogP contribution in [-0.4, -0.2) is 22.6 Å². The van der Waals surface area contributed by atoms with E-state index >= 15 is 0 Å². The summed E-state index contributed by atoms with van der Waals surface area (Å²) in [6.07, 6.45) is 1.94. The number of hydrogen-bond acceptors (Lipinski definition) is 5. The number of esters is 1. The minimum atomic E-state index is -0.608. The van der Waals surface area contributed by atoms with E-state index in [1.807, 2.05) is 31.2 Å². The third kappa shape index (κ3) is 3.84. The summed E-state index contributed by atoms with van der Waals surface area (Å²) in [4.78, 5) is 35.4. The molecule has 1 aliphatic heterocycles. The van der Waals surface area contributed by atoms with Crippen LogP contribution in [0.3, 0.4) is 0 Å². The number of para-hydroxylation sites is 1. The van der Waals surface area contributed by atoms with E-state index in [9.17, 15) is 9.59 Å². The predicted molar refractivity (Wildman–Crippen MR) is 144 cm³/mol. The molecule has 2 aromatic heterocycles. The van der Waals surface area contributed by atoms with Gasteiger partial charge in [0.15, 0.2) is 4.80 Å². The number of nitrogens with one attached hydrogen (secondary N) is 1. The predicted octanol–water partition coefficient (Wildman–Crippen LogP) is 4.63. The van der Waals surface area contributed by atoms with Crippen LogP contribution in [0.25, 0.3) is 17.0 Å². The summed E-state index contributed by atoms with van der Waals surface area (Å²) in [5, 5.41) is 1.07. The summed E-state index contributed by atoms with van der Waals surface area (Å²) >= 11 is 1.34. The highest BCUT2D eigenvalue weighted by molar-refractivity contribution is 7.07. The largest absolute Gasteiger partial charge is 0.466 e. The third-order valence-electron chi connectivity index (χ3n) is 6.90. The fourth-order valence-corrected chi connectivity index (χ4v) is 5.93. The highest BCUT2D eigenvalue weighted by atomic mass is 32.1. The van der Waals surface area contributed by atoms with Crippen LogP contribution in [0.2, 0.25) is 0 Å². The van der Waals surface area contributed by atoms with Crippen LogP contribution in [0.5, 0.6) is 0 Å². The third-order valence-corrected chi connectivity index (χ3v) is 7.88. The van der Waals surface area contributed by atoms with Gasteiger partial charge in [0.25, 0.3) is 5.56 Å². The molecule has 0 aliphatic carbocycles. The monoisotopic (exact) mass is 499 g/mol. The molecule has 36 heavy (non-hydrogen) atoms. The summed E-state index contributed by atoms with van der Waals surface area (Å²) in [6.45, 7) is 10.1. The van der Waals surface area contributed by atoms with E-state index in [1.165, 1.54) is 24.0 Å². The average Bonchev–Trinajstić information content (AvgIpc) is 3.34. The first-order valence-electron chi connectivity index (χ1n) is 12.0. The van der Waals surface area contributed by atoms with Crippen molar-refractivity contribution in [2.45, 2.75) is 46.6 Å². The lowest BCUT2D eigenvalue weighted by atomic mass is 9.93. The first kappa shape index (κ1) is 24.0. The molecule has 5 rings (SSSR count). The fourth-order valence-electron chi connectivity index (χ4n) is 4.90. The molecule has 1 N–H and O–H groups in total. The Labute approximate surface area is 213 Å². The summed E-state index contributed by atoms with van der Waals surface area (Å²) in [7, 11) is 1.36. The number of H-pyrrole nitrogens is 1. The van der Waals surface area contributed by atoms with Gasteiger partial charge in [0.1, 0.15) is 0 Å². The molecule has 7 heteroatoms. The highest BCUT2D eigenvalue weighted by Crippen LogP contribution is 2.31. The summed E-state index contributed by atoms with van der Waals surface area (Å²) in [6, 6.07) is 13.6. The second-order valence-electron chi connectivity index (χ2n) is 9.56. The Kier molecular flexibility index (Phi) is 6.04. The molecule has 0 saturated carbocycles. The zero-order chi connectivity index (χ0) is 25.7. The number of aromatic amines is 1. The molecule has 0 fully saturated rings. The molecule has 0 saturated heterocycles. The average molecular weight is 500 g/mol. The number of rotatable bonds is 4. The van der Waals surface area contributed by atoms with Gasteiger partial charge >= 0.3 is 5.97 Å². The van der Waals surface area contributed by atoms with Crippen molar-refractivity contribution in [1.29, 1.82) is 0 Å². The SMILES string of the molecule is COC(=O)C1=C(C)N=c2s/c(=C\c3c(C)[nH]c4c(C)cccc34)c(=O)n2[C@H]1c1ccc(C(C)C)cc1. The zero-order valence-electron chi connectivity index (χ0n) is 21.3. The van der Waals surface area contributed by atoms with Crippen LogP contribution in [0.4, 0.5) is 0 Å². The van der Waals surface area contributed by atoms with Crippen LogP contribution in [0.1, 0.15) is 60.7 Å². The van der Waals surface area contributed by atoms with Gasteiger partial charge in [-0.05, 0) is 49.5 Å². The van der Waals surface area contributed by atoms with Gasteiger partial charge in [-0.3, -0.25) is 9.36 Å². The van der Waals surface area contributed by atoms with Crippen molar-refractivity contribution in [3.05, 3.63) is 101 Å². The van der Waals surface area contributed by atoms with Crippen molar-refractivity contribution in [3.63, 3.8) is 0 Å². The molecule has 0 spiro atoms. The van der Waals surface area contributed by atoms with E-state index in [-0.39, 0.29) is 5.56 Å². The van der Waals surface area contributed by atoms with Gasteiger partial charge in [0.2, 0.25) is 0 Å². The molecule has 3 heterocycles. The van der Waals surface area contributed by atoms with Crippen molar-refractivity contribution < 1.29 is 9.53 Å². The summed E-state index contributed by atoms with van der Waals surface area (Å²) in [5.74, 6) is -0.104. The van der Waals surface area contributed by atoms with Crippen LogP contribution >= 0.6 is 11.3 Å². The first-order chi connectivity index (χ1) is 17.2. The van der Waals surface area contributed by atoms with Crippen LogP contribution in [0, 0.1) is 13.8 Å². The lowest BCUT2D eigenvalue weighted by molar-refractivity contribution is -0.136. The molecule has 1 aliphatic rings. The maximum absolute atomic E-state index is 13.9. The van der Waals surface area contributed by atoms with Gasteiger partial charge in [-0.25, -0.2) is 9.79 Å². The molecule has 0 unspecified atom stereocenters. The number of aromatic nitrogens is 2. The van der Waals surface area contributed by atoms with Gasteiger partial charge in [0.05, 0.1) is 29.0 Å². The molecular weight excluding hydrogens is 470 g/mol. The van der Waals surface area contributed by atoms with E-state index in [0.717, 1.165) is 33.3 Å². The quantitative estimate of drug-likeness (QED) is 0.416.